The van der Waals surface area contributed by atoms with Crippen molar-refractivity contribution in [3.8, 4) is 0 Å². The molecule has 7 nitrogen and oxygen atoms in total. The summed E-state index contributed by atoms with van der Waals surface area (Å²) in [6.45, 7) is 5.84. The predicted octanol–water partition coefficient (Wildman–Crippen LogP) is 5.00. The van der Waals surface area contributed by atoms with Gasteiger partial charge < -0.3 is 15.2 Å². The van der Waals surface area contributed by atoms with Crippen LogP contribution in [0.3, 0.4) is 0 Å². The third kappa shape index (κ3) is 6.84. The number of hydrogen-bond acceptors (Lipinski definition) is 5. The van der Waals surface area contributed by atoms with Gasteiger partial charge in [-0.1, -0.05) is 49.4 Å². The fourth-order valence-corrected chi connectivity index (χ4v) is 4.00. The minimum absolute atomic E-state index is 0.00866. The highest BCUT2D eigenvalue weighted by Gasteiger charge is 2.30. The summed E-state index contributed by atoms with van der Waals surface area (Å²) in [5.41, 5.74) is 0.800. The molecule has 0 spiro atoms. The number of benzene rings is 2. The van der Waals surface area contributed by atoms with Crippen LogP contribution in [0.25, 0.3) is 0 Å². The van der Waals surface area contributed by atoms with Gasteiger partial charge in [0.15, 0.2) is 11.0 Å². The number of hydrogen-bond donors (Lipinski definition) is 2. The van der Waals surface area contributed by atoms with Gasteiger partial charge in [0.2, 0.25) is 5.91 Å². The Morgan fingerprint density at radius 3 is 2.40 bits per heavy atom. The molecule has 0 aliphatic carbocycles. The van der Waals surface area contributed by atoms with Crippen LogP contribution in [-0.2, 0) is 18.0 Å². The topological polar surface area (TPSA) is 88.9 Å². The molecule has 3 aromatic rings. The molecule has 1 heterocycles. The molecule has 1 aromatic heterocycles. The number of amides is 2. The number of alkyl halides is 3. The quantitative estimate of drug-likeness (QED) is 0.421. The van der Waals surface area contributed by atoms with E-state index in [1.54, 1.807) is 23.7 Å². The Labute approximate surface area is 205 Å². The highest BCUT2D eigenvalue weighted by atomic mass is 32.2. The molecule has 2 amide bonds. The van der Waals surface area contributed by atoms with Gasteiger partial charge in [-0.25, -0.2) is 0 Å². The summed E-state index contributed by atoms with van der Waals surface area (Å²) >= 11 is 1.09. The molecule has 0 saturated heterocycles. The molecule has 2 N–H and O–H groups in total. The minimum Gasteiger partial charge on any atom is -0.342 e. The predicted molar refractivity (Wildman–Crippen MR) is 128 cm³/mol. The lowest BCUT2D eigenvalue weighted by Crippen LogP contribution is -2.33. The van der Waals surface area contributed by atoms with E-state index in [1.807, 2.05) is 32.9 Å². The van der Waals surface area contributed by atoms with Crippen LogP contribution in [0, 0.1) is 12.8 Å². The van der Waals surface area contributed by atoms with Crippen LogP contribution in [0.1, 0.15) is 47.2 Å². The van der Waals surface area contributed by atoms with Gasteiger partial charge in [0.25, 0.3) is 5.91 Å². The number of halogens is 3. The summed E-state index contributed by atoms with van der Waals surface area (Å²) in [6.07, 6.45) is -4.49. The number of anilines is 1. The molecule has 0 aliphatic heterocycles. The molecule has 1 atom stereocenters. The molecule has 186 valence electrons. The Balaban J connectivity index is 1.65. The third-order valence-corrected chi connectivity index (χ3v) is 6.24. The van der Waals surface area contributed by atoms with Crippen molar-refractivity contribution in [2.45, 2.75) is 38.1 Å². The highest BCUT2D eigenvalue weighted by Crippen LogP contribution is 2.31. The molecule has 0 aliphatic rings. The zero-order valence-corrected chi connectivity index (χ0v) is 20.5. The smallest absolute Gasteiger partial charge is 0.342 e. The van der Waals surface area contributed by atoms with Gasteiger partial charge in [-0.3, -0.25) is 9.59 Å². The van der Waals surface area contributed by atoms with Gasteiger partial charge in [-0.15, -0.1) is 10.2 Å². The van der Waals surface area contributed by atoms with E-state index >= 15 is 0 Å². The molecule has 35 heavy (non-hydrogen) atoms. The lowest BCUT2D eigenvalue weighted by molar-refractivity contribution is -0.137. The lowest BCUT2D eigenvalue weighted by Gasteiger charge is -2.21. The zero-order valence-electron chi connectivity index (χ0n) is 19.7. The number of carbonyl (C=O) groups excluding carboxylic acids is 2. The third-order valence-electron chi connectivity index (χ3n) is 5.22. The van der Waals surface area contributed by atoms with Gasteiger partial charge >= 0.3 is 6.18 Å². The molecule has 0 radical (unpaired) electrons. The first kappa shape index (κ1) is 26.3. The first-order chi connectivity index (χ1) is 16.5. The van der Waals surface area contributed by atoms with Gasteiger partial charge in [-0.05, 0) is 43.2 Å². The Bertz CT molecular complexity index is 1190. The highest BCUT2D eigenvalue weighted by molar-refractivity contribution is 7.99. The maximum absolute atomic E-state index is 12.9. The van der Waals surface area contributed by atoms with E-state index < -0.39 is 23.7 Å². The monoisotopic (exact) mass is 505 g/mol. The minimum atomic E-state index is -4.49. The van der Waals surface area contributed by atoms with Crippen molar-refractivity contribution < 1.29 is 22.8 Å². The first-order valence-corrected chi connectivity index (χ1v) is 11.8. The number of aromatic nitrogens is 3. The summed E-state index contributed by atoms with van der Waals surface area (Å²) < 4.78 is 40.3. The number of carbonyl (C=O) groups is 2. The van der Waals surface area contributed by atoms with Crippen molar-refractivity contribution in [2.75, 3.05) is 11.1 Å². The Morgan fingerprint density at radius 1 is 1.09 bits per heavy atom. The van der Waals surface area contributed by atoms with Gasteiger partial charge in [0, 0.05) is 18.3 Å². The summed E-state index contributed by atoms with van der Waals surface area (Å²) in [4.78, 5) is 25.0. The summed E-state index contributed by atoms with van der Waals surface area (Å²) in [6, 6.07) is 11.3. The summed E-state index contributed by atoms with van der Waals surface area (Å²) in [5.74, 6) is -0.256. The Morgan fingerprint density at radius 2 is 1.77 bits per heavy atom. The number of nitrogens with one attached hydrogen (secondary N) is 2. The SMILES string of the molecule is Cc1ccc(C(=O)N[C@H](c2nnc(SCC(=O)Nc3cccc(C(F)(F)F)c3)n2C)C(C)C)cc1. The average Bonchev–Trinajstić information content (AvgIpc) is 3.15. The van der Waals surface area contributed by atoms with Gasteiger partial charge in [0.1, 0.15) is 0 Å². The molecule has 0 unspecified atom stereocenters. The maximum Gasteiger partial charge on any atom is 0.416 e. The molecular weight excluding hydrogens is 479 g/mol. The molecule has 0 fully saturated rings. The first-order valence-electron chi connectivity index (χ1n) is 10.8. The molecule has 0 bridgehead atoms. The van der Waals surface area contributed by atoms with E-state index in [4.69, 9.17) is 0 Å². The van der Waals surface area contributed by atoms with Crippen molar-refractivity contribution in [3.63, 3.8) is 0 Å². The number of rotatable bonds is 8. The number of nitrogens with zero attached hydrogens (tertiary/aromatic N) is 3. The normalized spacial score (nSPS) is 12.5. The fraction of sp³-hybridized carbons (Fsp3) is 0.333. The Kier molecular flexibility index (Phi) is 8.21. The van der Waals surface area contributed by atoms with E-state index in [0.29, 0.717) is 16.5 Å². The Hall–Kier alpha value is -3.34. The van der Waals surface area contributed by atoms with Crippen molar-refractivity contribution >= 4 is 29.3 Å². The zero-order chi connectivity index (χ0) is 25.8. The second-order valence-corrected chi connectivity index (χ2v) is 9.32. The van der Waals surface area contributed by atoms with Crippen molar-refractivity contribution in [1.82, 2.24) is 20.1 Å². The van der Waals surface area contributed by atoms with Crippen LogP contribution in [0.4, 0.5) is 18.9 Å². The van der Waals surface area contributed by atoms with E-state index in [2.05, 4.69) is 20.8 Å². The van der Waals surface area contributed by atoms with Gasteiger partial charge in [0.05, 0.1) is 17.4 Å². The second kappa shape index (κ2) is 10.9. The summed E-state index contributed by atoms with van der Waals surface area (Å²) in [5, 5.41) is 14.3. The fourth-order valence-electron chi connectivity index (χ4n) is 3.28. The maximum atomic E-state index is 12.9. The largest absolute Gasteiger partial charge is 0.416 e. The second-order valence-electron chi connectivity index (χ2n) is 8.38. The van der Waals surface area contributed by atoms with Crippen LogP contribution >= 0.6 is 11.8 Å². The van der Waals surface area contributed by atoms with E-state index in [1.165, 1.54) is 12.1 Å². The van der Waals surface area contributed by atoms with Crippen molar-refractivity contribution in [1.29, 1.82) is 0 Å². The summed E-state index contributed by atoms with van der Waals surface area (Å²) in [7, 11) is 1.73. The van der Waals surface area contributed by atoms with E-state index in [-0.39, 0.29) is 23.3 Å². The standard InChI is InChI=1S/C24H26F3N5O2S/c1-14(2)20(29-22(34)16-10-8-15(3)9-11-16)21-30-31-23(32(21)4)35-13-19(33)28-18-7-5-6-17(12-18)24(25,26)27/h5-12,14,20H,13H2,1-4H3,(H,28,33)(H,29,34)/t20-/m0/s1. The van der Waals surface area contributed by atoms with Crippen molar-refractivity contribution in [3.05, 3.63) is 71.0 Å². The van der Waals surface area contributed by atoms with Crippen LogP contribution in [0.15, 0.2) is 53.7 Å². The number of aryl methyl sites for hydroxylation is 1. The molecular formula is C24H26F3N5O2S. The van der Waals surface area contributed by atoms with Crippen molar-refractivity contribution in [2.24, 2.45) is 13.0 Å². The average molecular weight is 506 g/mol. The number of thioether (sulfide) groups is 1. The lowest BCUT2D eigenvalue weighted by atomic mass is 10.0. The van der Waals surface area contributed by atoms with Crippen LogP contribution in [-0.4, -0.2) is 32.3 Å². The molecule has 3 rings (SSSR count). The van der Waals surface area contributed by atoms with Crippen LogP contribution in [0.5, 0.6) is 0 Å². The van der Waals surface area contributed by atoms with Gasteiger partial charge in [-0.2, -0.15) is 13.2 Å². The van der Waals surface area contributed by atoms with E-state index in [9.17, 15) is 22.8 Å². The van der Waals surface area contributed by atoms with Crippen LogP contribution < -0.4 is 10.6 Å². The molecule has 2 aromatic carbocycles. The molecule has 11 heteroatoms. The molecule has 0 saturated carbocycles. The van der Waals surface area contributed by atoms with Crippen LogP contribution in [0.2, 0.25) is 0 Å². The van der Waals surface area contributed by atoms with E-state index in [0.717, 1.165) is 29.5 Å².